The number of hydrogen-bond donors (Lipinski definition) is 1. The Kier molecular flexibility index (Phi) is 6.39. The van der Waals surface area contributed by atoms with Crippen LogP contribution in [0.3, 0.4) is 0 Å². The molecule has 0 aromatic heterocycles. The summed E-state index contributed by atoms with van der Waals surface area (Å²) in [6.07, 6.45) is 3.74. The van der Waals surface area contributed by atoms with Crippen molar-refractivity contribution in [1.82, 2.24) is 9.62 Å². The Hall–Kier alpha value is -1.60. The van der Waals surface area contributed by atoms with Crippen molar-refractivity contribution < 1.29 is 13.2 Å². The SMILES string of the molecule is O=C(NC1CCc2ccccc2C1)C1CCN(S(=O)(=O)c2cc(Cl)ccc2Cl)CC1. The van der Waals surface area contributed by atoms with Crippen LogP contribution in [0.15, 0.2) is 47.4 Å². The van der Waals surface area contributed by atoms with Crippen LogP contribution in [0.4, 0.5) is 0 Å². The standard InChI is InChI=1S/C22H24Cl2N2O3S/c23-18-6-8-20(24)21(14-18)30(28,29)26-11-9-16(10-12-26)22(27)25-19-7-5-15-3-1-2-4-17(15)13-19/h1-4,6,8,14,16,19H,5,7,9-13H2,(H,25,27). The van der Waals surface area contributed by atoms with Crippen molar-refractivity contribution in [2.24, 2.45) is 5.92 Å². The Morgan fingerprint density at radius 2 is 1.70 bits per heavy atom. The van der Waals surface area contributed by atoms with Gasteiger partial charge in [-0.05, 0) is 61.4 Å². The summed E-state index contributed by atoms with van der Waals surface area (Å²) < 4.78 is 27.3. The monoisotopic (exact) mass is 466 g/mol. The Bertz CT molecular complexity index is 1050. The maximum atomic E-state index is 13.0. The van der Waals surface area contributed by atoms with Crippen molar-refractivity contribution in [3.63, 3.8) is 0 Å². The zero-order chi connectivity index (χ0) is 21.3. The zero-order valence-electron chi connectivity index (χ0n) is 16.5. The fraction of sp³-hybridized carbons (Fsp3) is 0.409. The quantitative estimate of drug-likeness (QED) is 0.738. The van der Waals surface area contributed by atoms with Gasteiger partial charge in [0.15, 0.2) is 0 Å². The van der Waals surface area contributed by atoms with E-state index in [9.17, 15) is 13.2 Å². The third-order valence-corrected chi connectivity index (χ3v) is 8.64. The van der Waals surface area contributed by atoms with E-state index in [1.165, 1.54) is 27.6 Å². The Morgan fingerprint density at radius 1 is 1.00 bits per heavy atom. The molecule has 5 nitrogen and oxygen atoms in total. The van der Waals surface area contributed by atoms with Crippen molar-refractivity contribution in [1.29, 1.82) is 0 Å². The fourth-order valence-corrected chi connectivity index (χ4v) is 6.52. The third-order valence-electron chi connectivity index (χ3n) is 6.03. The van der Waals surface area contributed by atoms with Crippen LogP contribution in [0, 0.1) is 5.92 Å². The number of carbonyl (C=O) groups excluding carboxylic acids is 1. The first-order chi connectivity index (χ1) is 14.3. The topological polar surface area (TPSA) is 66.5 Å². The zero-order valence-corrected chi connectivity index (χ0v) is 18.8. The summed E-state index contributed by atoms with van der Waals surface area (Å²) in [7, 11) is -3.74. The molecule has 0 spiro atoms. The number of benzene rings is 2. The molecule has 0 bridgehead atoms. The van der Waals surface area contributed by atoms with Crippen LogP contribution in [0.25, 0.3) is 0 Å². The maximum absolute atomic E-state index is 13.0. The minimum Gasteiger partial charge on any atom is -0.353 e. The molecule has 1 aliphatic heterocycles. The summed E-state index contributed by atoms with van der Waals surface area (Å²) in [5.74, 6) is -0.152. The molecule has 1 saturated heterocycles. The van der Waals surface area contributed by atoms with E-state index in [4.69, 9.17) is 23.2 Å². The van der Waals surface area contributed by atoms with E-state index in [-0.39, 0.29) is 40.9 Å². The van der Waals surface area contributed by atoms with Gasteiger partial charge in [-0.15, -0.1) is 0 Å². The second-order valence-corrected chi connectivity index (χ2v) is 10.7. The summed E-state index contributed by atoms with van der Waals surface area (Å²) in [6, 6.07) is 12.9. The predicted octanol–water partition coefficient (Wildman–Crippen LogP) is 4.07. The third kappa shape index (κ3) is 4.52. The first-order valence-corrected chi connectivity index (χ1v) is 12.4. The highest BCUT2D eigenvalue weighted by Crippen LogP contribution is 2.30. The van der Waals surface area contributed by atoms with Gasteiger partial charge in [-0.1, -0.05) is 47.5 Å². The molecule has 1 fully saturated rings. The number of carbonyl (C=O) groups is 1. The molecule has 30 heavy (non-hydrogen) atoms. The van der Waals surface area contributed by atoms with Gasteiger partial charge < -0.3 is 5.32 Å². The highest BCUT2D eigenvalue weighted by atomic mass is 35.5. The lowest BCUT2D eigenvalue weighted by molar-refractivity contribution is -0.126. The minimum atomic E-state index is -3.74. The number of sulfonamides is 1. The van der Waals surface area contributed by atoms with E-state index in [2.05, 4.69) is 23.5 Å². The van der Waals surface area contributed by atoms with E-state index in [1.54, 1.807) is 6.07 Å². The molecule has 0 saturated carbocycles. The van der Waals surface area contributed by atoms with Crippen molar-refractivity contribution >= 4 is 39.1 Å². The van der Waals surface area contributed by atoms with E-state index >= 15 is 0 Å². The molecule has 2 aromatic rings. The van der Waals surface area contributed by atoms with Gasteiger partial charge in [0.1, 0.15) is 4.90 Å². The number of amides is 1. The van der Waals surface area contributed by atoms with Crippen LogP contribution in [-0.4, -0.2) is 37.8 Å². The number of fused-ring (bicyclic) bond motifs is 1. The van der Waals surface area contributed by atoms with Crippen LogP contribution < -0.4 is 5.32 Å². The Balaban J connectivity index is 1.35. The molecule has 0 radical (unpaired) electrons. The highest BCUT2D eigenvalue weighted by molar-refractivity contribution is 7.89. The molecule has 1 unspecified atom stereocenters. The molecule has 2 aromatic carbocycles. The second kappa shape index (κ2) is 8.87. The molecule has 2 aliphatic rings. The molecule has 4 rings (SSSR count). The lowest BCUT2D eigenvalue weighted by Crippen LogP contribution is -2.46. The Morgan fingerprint density at radius 3 is 2.43 bits per heavy atom. The predicted molar refractivity (Wildman–Crippen MR) is 118 cm³/mol. The molecule has 1 atom stereocenters. The number of nitrogens with one attached hydrogen (secondary N) is 1. The summed E-state index contributed by atoms with van der Waals surface area (Å²) in [5.41, 5.74) is 2.66. The molecule has 1 aliphatic carbocycles. The fourth-order valence-electron chi connectivity index (χ4n) is 4.31. The number of rotatable bonds is 4. The maximum Gasteiger partial charge on any atom is 0.244 e. The van der Waals surface area contributed by atoms with Gasteiger partial charge in [0.05, 0.1) is 5.02 Å². The van der Waals surface area contributed by atoms with E-state index in [0.717, 1.165) is 19.3 Å². The number of nitrogens with zero attached hydrogens (tertiary/aromatic N) is 1. The first kappa shape index (κ1) is 21.6. The Labute approximate surface area is 187 Å². The molecular weight excluding hydrogens is 443 g/mol. The number of piperidine rings is 1. The number of hydrogen-bond acceptors (Lipinski definition) is 3. The van der Waals surface area contributed by atoms with Gasteiger partial charge in [0, 0.05) is 30.1 Å². The lowest BCUT2D eigenvalue weighted by atomic mass is 9.87. The van der Waals surface area contributed by atoms with Gasteiger partial charge in [-0.3, -0.25) is 4.79 Å². The van der Waals surface area contributed by atoms with Crippen molar-refractivity contribution in [3.8, 4) is 0 Å². The average molecular weight is 467 g/mol. The minimum absolute atomic E-state index is 0.0143. The van der Waals surface area contributed by atoms with Crippen LogP contribution in [0.2, 0.25) is 10.0 Å². The molecule has 1 N–H and O–H groups in total. The highest BCUT2D eigenvalue weighted by Gasteiger charge is 2.34. The largest absolute Gasteiger partial charge is 0.353 e. The second-order valence-electron chi connectivity index (χ2n) is 7.97. The molecule has 160 valence electrons. The van der Waals surface area contributed by atoms with E-state index < -0.39 is 10.0 Å². The van der Waals surface area contributed by atoms with Crippen LogP contribution in [0.5, 0.6) is 0 Å². The normalized spacial score (nSPS) is 20.5. The van der Waals surface area contributed by atoms with Gasteiger partial charge in [0.25, 0.3) is 0 Å². The number of aryl methyl sites for hydroxylation is 1. The molecule has 1 heterocycles. The molecule has 8 heteroatoms. The molecule has 1 amide bonds. The summed E-state index contributed by atoms with van der Waals surface area (Å²) in [4.78, 5) is 12.8. The van der Waals surface area contributed by atoms with Crippen molar-refractivity contribution in [2.45, 2.75) is 43.0 Å². The van der Waals surface area contributed by atoms with Gasteiger partial charge >= 0.3 is 0 Å². The smallest absolute Gasteiger partial charge is 0.244 e. The summed E-state index contributed by atoms with van der Waals surface area (Å²) in [5, 5.41) is 3.66. The van der Waals surface area contributed by atoms with E-state index in [1.807, 2.05) is 6.07 Å². The van der Waals surface area contributed by atoms with Crippen LogP contribution in [0.1, 0.15) is 30.4 Å². The molecular formula is C22H24Cl2N2O3S. The van der Waals surface area contributed by atoms with Crippen molar-refractivity contribution in [3.05, 3.63) is 63.6 Å². The lowest BCUT2D eigenvalue weighted by Gasteiger charge is -2.32. The summed E-state index contributed by atoms with van der Waals surface area (Å²) in [6.45, 7) is 0.577. The van der Waals surface area contributed by atoms with E-state index in [0.29, 0.717) is 17.9 Å². The van der Waals surface area contributed by atoms with Gasteiger partial charge in [0.2, 0.25) is 15.9 Å². The van der Waals surface area contributed by atoms with Crippen molar-refractivity contribution in [2.75, 3.05) is 13.1 Å². The van der Waals surface area contributed by atoms with Gasteiger partial charge in [-0.25, -0.2) is 8.42 Å². The summed E-state index contributed by atoms with van der Waals surface area (Å²) >= 11 is 12.1. The van der Waals surface area contributed by atoms with Crippen LogP contribution >= 0.6 is 23.2 Å². The van der Waals surface area contributed by atoms with Gasteiger partial charge in [-0.2, -0.15) is 4.31 Å². The van der Waals surface area contributed by atoms with Crippen LogP contribution in [-0.2, 0) is 27.7 Å². The first-order valence-electron chi connectivity index (χ1n) is 10.2. The average Bonchev–Trinajstić information content (AvgIpc) is 2.75. The number of halogens is 2.